The van der Waals surface area contributed by atoms with Gasteiger partial charge in [0.05, 0.1) is 33.0 Å². The Labute approximate surface area is 156 Å². The summed E-state index contributed by atoms with van der Waals surface area (Å²) in [6.45, 7) is 5.47. The molecule has 3 atom stereocenters. The fourth-order valence-corrected chi connectivity index (χ4v) is 3.84. The van der Waals surface area contributed by atoms with E-state index >= 15 is 0 Å². The van der Waals surface area contributed by atoms with E-state index < -0.39 is 0 Å². The Morgan fingerprint density at radius 1 is 1.27 bits per heavy atom. The molecule has 0 bridgehead atoms. The molecule has 2 aliphatic heterocycles. The number of piperidine rings is 2. The first-order valence-corrected chi connectivity index (χ1v) is 9.61. The topological polar surface area (TPSA) is 85.2 Å². The number of rotatable bonds is 8. The molecule has 0 aliphatic carbocycles. The maximum absolute atomic E-state index is 11.6. The van der Waals surface area contributed by atoms with Crippen LogP contribution in [0.15, 0.2) is 0 Å². The summed E-state index contributed by atoms with van der Waals surface area (Å²) in [5.74, 6) is -0.424. The van der Waals surface area contributed by atoms with Crippen LogP contribution in [0.1, 0.15) is 32.6 Å². The summed E-state index contributed by atoms with van der Waals surface area (Å²) in [7, 11) is 3.39. The molecule has 0 aromatic carbocycles. The molecule has 2 rings (SSSR count). The SMILES string of the molecule is CCOC(=O)CNC1CCCN(C2[N]CCCC2N(C)CC(=O)OC)C1. The Bertz CT molecular complexity index is 462. The molecule has 149 valence electrons. The van der Waals surface area contributed by atoms with Crippen molar-refractivity contribution in [3.05, 3.63) is 0 Å². The van der Waals surface area contributed by atoms with Crippen molar-refractivity contribution in [2.45, 2.75) is 50.9 Å². The first kappa shape index (κ1) is 21.1. The van der Waals surface area contributed by atoms with Gasteiger partial charge in [-0.15, -0.1) is 0 Å². The number of methoxy groups -OCH3 is 1. The third kappa shape index (κ3) is 6.19. The lowest BCUT2D eigenvalue weighted by Gasteiger charge is -2.45. The molecule has 0 saturated carbocycles. The third-order valence-corrected chi connectivity index (χ3v) is 5.16. The van der Waals surface area contributed by atoms with Gasteiger partial charge >= 0.3 is 11.9 Å². The number of likely N-dealkylation sites (tertiary alicyclic amines) is 1. The largest absolute Gasteiger partial charge is 0.468 e. The highest BCUT2D eigenvalue weighted by atomic mass is 16.5. The average Bonchev–Trinajstić information content (AvgIpc) is 2.66. The molecule has 8 nitrogen and oxygen atoms in total. The van der Waals surface area contributed by atoms with Crippen molar-refractivity contribution in [2.75, 3.05) is 53.5 Å². The maximum atomic E-state index is 11.6. The van der Waals surface area contributed by atoms with Crippen molar-refractivity contribution < 1.29 is 19.1 Å². The molecule has 0 spiro atoms. The average molecular weight is 369 g/mol. The minimum Gasteiger partial charge on any atom is -0.468 e. The predicted molar refractivity (Wildman–Crippen MR) is 97.7 cm³/mol. The number of carbonyl (C=O) groups excluding carboxylic acids is 2. The smallest absolute Gasteiger partial charge is 0.319 e. The maximum Gasteiger partial charge on any atom is 0.319 e. The Morgan fingerprint density at radius 3 is 2.81 bits per heavy atom. The number of hydrogen-bond donors (Lipinski definition) is 1. The molecule has 2 heterocycles. The number of nitrogens with one attached hydrogen (secondary N) is 1. The predicted octanol–water partition coefficient (Wildman–Crippen LogP) is -0.199. The Hall–Kier alpha value is -1.22. The normalized spacial score (nSPS) is 27.3. The van der Waals surface area contributed by atoms with Crippen LogP contribution in [-0.2, 0) is 19.1 Å². The second kappa shape index (κ2) is 10.8. The minimum absolute atomic E-state index is 0.0885. The molecule has 26 heavy (non-hydrogen) atoms. The highest BCUT2D eigenvalue weighted by molar-refractivity contribution is 5.71. The molecule has 0 aromatic heterocycles. The third-order valence-electron chi connectivity index (χ3n) is 5.16. The molecule has 2 aliphatic rings. The van der Waals surface area contributed by atoms with Crippen LogP contribution in [0, 0.1) is 0 Å². The molecule has 8 heteroatoms. The monoisotopic (exact) mass is 369 g/mol. The first-order valence-electron chi connectivity index (χ1n) is 9.61. The van der Waals surface area contributed by atoms with Crippen LogP contribution in [0.25, 0.3) is 0 Å². The van der Waals surface area contributed by atoms with E-state index in [9.17, 15) is 9.59 Å². The molecular weight excluding hydrogens is 336 g/mol. The molecular formula is C18H33N4O4. The number of esters is 2. The summed E-state index contributed by atoms with van der Waals surface area (Å²) in [6.07, 6.45) is 4.28. The Balaban J connectivity index is 1.91. The number of likely N-dealkylation sites (N-methyl/N-ethyl adjacent to an activating group) is 1. The van der Waals surface area contributed by atoms with Crippen molar-refractivity contribution in [3.63, 3.8) is 0 Å². The molecule has 2 fully saturated rings. The summed E-state index contributed by atoms with van der Waals surface area (Å²) in [5, 5.41) is 8.18. The van der Waals surface area contributed by atoms with Gasteiger partial charge in [0, 0.05) is 25.2 Å². The highest BCUT2D eigenvalue weighted by Gasteiger charge is 2.36. The van der Waals surface area contributed by atoms with Crippen LogP contribution >= 0.6 is 0 Å². The quantitative estimate of drug-likeness (QED) is 0.593. The van der Waals surface area contributed by atoms with Gasteiger partial charge in [0.2, 0.25) is 0 Å². The lowest BCUT2D eigenvalue weighted by Crippen LogP contribution is -2.62. The van der Waals surface area contributed by atoms with Crippen LogP contribution in [0.5, 0.6) is 0 Å². The summed E-state index contributed by atoms with van der Waals surface area (Å²) in [5.41, 5.74) is 0. The van der Waals surface area contributed by atoms with Crippen molar-refractivity contribution in [3.8, 4) is 0 Å². The zero-order valence-corrected chi connectivity index (χ0v) is 16.3. The van der Waals surface area contributed by atoms with Gasteiger partial charge in [-0.05, 0) is 46.2 Å². The van der Waals surface area contributed by atoms with Crippen molar-refractivity contribution in [2.24, 2.45) is 0 Å². The van der Waals surface area contributed by atoms with Gasteiger partial charge in [0.15, 0.2) is 0 Å². The van der Waals surface area contributed by atoms with Gasteiger partial charge in [-0.3, -0.25) is 19.4 Å². The van der Waals surface area contributed by atoms with E-state index in [1.165, 1.54) is 7.11 Å². The van der Waals surface area contributed by atoms with Gasteiger partial charge in [0.25, 0.3) is 0 Å². The zero-order valence-electron chi connectivity index (χ0n) is 16.3. The number of nitrogens with zero attached hydrogens (tertiary/aromatic N) is 3. The number of hydrogen-bond acceptors (Lipinski definition) is 7. The van der Waals surface area contributed by atoms with Gasteiger partial charge in [-0.1, -0.05) is 0 Å². The second-order valence-corrected chi connectivity index (χ2v) is 7.04. The van der Waals surface area contributed by atoms with Crippen LogP contribution in [0.2, 0.25) is 0 Å². The van der Waals surface area contributed by atoms with E-state index in [1.54, 1.807) is 0 Å². The fraction of sp³-hybridized carbons (Fsp3) is 0.889. The van der Waals surface area contributed by atoms with Gasteiger partial charge in [-0.2, -0.15) is 0 Å². The second-order valence-electron chi connectivity index (χ2n) is 7.04. The van der Waals surface area contributed by atoms with Gasteiger partial charge < -0.3 is 14.8 Å². The van der Waals surface area contributed by atoms with E-state index in [-0.39, 0.29) is 43.3 Å². The first-order chi connectivity index (χ1) is 12.5. The standard InChI is InChI=1S/C18H33N4O4/c1-4-26-16(23)11-20-14-7-6-10-22(12-14)18-15(8-5-9-19-18)21(2)13-17(24)25-3/h14-15,18,20H,4-13H2,1-3H3. The Kier molecular flexibility index (Phi) is 8.77. The number of carbonyl (C=O) groups is 2. The van der Waals surface area contributed by atoms with E-state index in [0.717, 1.165) is 45.3 Å². The fourth-order valence-electron chi connectivity index (χ4n) is 3.84. The molecule has 3 unspecified atom stereocenters. The summed E-state index contributed by atoms with van der Waals surface area (Å²) >= 11 is 0. The summed E-state index contributed by atoms with van der Waals surface area (Å²) < 4.78 is 9.79. The molecule has 1 radical (unpaired) electrons. The van der Waals surface area contributed by atoms with Crippen LogP contribution < -0.4 is 10.6 Å². The molecule has 2 saturated heterocycles. The lowest BCUT2D eigenvalue weighted by molar-refractivity contribution is -0.143. The van der Waals surface area contributed by atoms with Crippen LogP contribution in [0.3, 0.4) is 0 Å². The van der Waals surface area contributed by atoms with E-state index in [0.29, 0.717) is 6.61 Å². The molecule has 1 N–H and O–H groups in total. The number of ether oxygens (including phenoxy) is 2. The van der Waals surface area contributed by atoms with E-state index in [1.807, 2.05) is 14.0 Å². The van der Waals surface area contributed by atoms with Crippen molar-refractivity contribution in [1.29, 1.82) is 0 Å². The van der Waals surface area contributed by atoms with Crippen molar-refractivity contribution >= 4 is 11.9 Å². The summed E-state index contributed by atoms with van der Waals surface area (Å²) in [6, 6.07) is 0.475. The zero-order chi connectivity index (χ0) is 18.9. The van der Waals surface area contributed by atoms with Crippen LogP contribution in [0.4, 0.5) is 0 Å². The van der Waals surface area contributed by atoms with Gasteiger partial charge in [-0.25, -0.2) is 5.32 Å². The molecule has 0 amide bonds. The highest BCUT2D eigenvalue weighted by Crippen LogP contribution is 2.22. The molecule has 0 aromatic rings. The van der Waals surface area contributed by atoms with E-state index in [4.69, 9.17) is 14.8 Å². The van der Waals surface area contributed by atoms with Crippen molar-refractivity contribution in [1.82, 2.24) is 20.4 Å². The van der Waals surface area contributed by atoms with Gasteiger partial charge in [0.1, 0.15) is 0 Å². The minimum atomic E-state index is -0.218. The van der Waals surface area contributed by atoms with Crippen LogP contribution in [-0.4, -0.2) is 93.5 Å². The van der Waals surface area contributed by atoms with E-state index in [2.05, 4.69) is 15.1 Å². The lowest BCUT2D eigenvalue weighted by atomic mass is 9.97. The Morgan fingerprint density at radius 2 is 2.08 bits per heavy atom. The summed E-state index contributed by atoms with van der Waals surface area (Å²) in [4.78, 5) is 27.7.